The van der Waals surface area contributed by atoms with E-state index < -0.39 is 10.0 Å². The van der Waals surface area contributed by atoms with Crippen LogP contribution in [-0.4, -0.2) is 30.9 Å². The molecule has 0 unspecified atom stereocenters. The summed E-state index contributed by atoms with van der Waals surface area (Å²) in [6.45, 7) is 1.89. The smallest absolute Gasteiger partial charge is 0.243 e. The van der Waals surface area contributed by atoms with Crippen LogP contribution in [0.15, 0.2) is 46.7 Å². The van der Waals surface area contributed by atoms with Gasteiger partial charge in [-0.3, -0.25) is 0 Å². The predicted molar refractivity (Wildman–Crippen MR) is 102 cm³/mol. The zero-order chi connectivity index (χ0) is 17.0. The molecule has 0 spiro atoms. The van der Waals surface area contributed by atoms with Crippen molar-refractivity contribution >= 4 is 44.4 Å². The van der Waals surface area contributed by atoms with Gasteiger partial charge in [0.25, 0.3) is 0 Å². The van der Waals surface area contributed by atoms with Crippen LogP contribution < -0.4 is 10.6 Å². The number of anilines is 1. The first-order chi connectivity index (χ1) is 11.6. The molecule has 0 amide bonds. The fourth-order valence-corrected chi connectivity index (χ4v) is 4.90. The standard InChI is InChI=1S/C16H19N3O2S3/c20-24(21,19-9-1-2-10-19)15-7-5-13(6-8-15)18-16(22)17-12-14-4-3-11-23-14/h3-8,11H,1-2,9-10,12H2,(H2,17,18,22). The largest absolute Gasteiger partial charge is 0.358 e. The number of thiophene rings is 1. The van der Waals surface area contributed by atoms with Gasteiger partial charge in [-0.25, -0.2) is 8.42 Å². The number of benzene rings is 1. The Kier molecular flexibility index (Phi) is 5.50. The number of sulfonamides is 1. The number of rotatable bonds is 5. The highest BCUT2D eigenvalue weighted by Gasteiger charge is 2.26. The highest BCUT2D eigenvalue weighted by molar-refractivity contribution is 7.89. The number of nitrogens with zero attached hydrogens (tertiary/aromatic N) is 1. The molecule has 2 aromatic rings. The Morgan fingerprint density at radius 3 is 2.50 bits per heavy atom. The molecule has 1 fully saturated rings. The Labute approximate surface area is 151 Å². The minimum Gasteiger partial charge on any atom is -0.358 e. The van der Waals surface area contributed by atoms with Crippen LogP contribution in [-0.2, 0) is 16.6 Å². The number of hydrogen-bond donors (Lipinski definition) is 2. The Bertz CT molecular complexity index is 780. The first kappa shape index (κ1) is 17.3. The van der Waals surface area contributed by atoms with E-state index in [2.05, 4.69) is 10.6 Å². The molecule has 5 nitrogen and oxygen atoms in total. The quantitative estimate of drug-likeness (QED) is 0.780. The van der Waals surface area contributed by atoms with Crippen molar-refractivity contribution in [3.63, 3.8) is 0 Å². The molecule has 1 saturated heterocycles. The Morgan fingerprint density at radius 2 is 1.88 bits per heavy atom. The van der Waals surface area contributed by atoms with E-state index in [0.29, 0.717) is 29.6 Å². The lowest BCUT2D eigenvalue weighted by Gasteiger charge is -2.16. The van der Waals surface area contributed by atoms with Crippen LogP contribution in [0, 0.1) is 0 Å². The van der Waals surface area contributed by atoms with Gasteiger partial charge in [0.15, 0.2) is 5.11 Å². The molecule has 128 valence electrons. The summed E-state index contributed by atoms with van der Waals surface area (Å²) < 4.78 is 26.5. The van der Waals surface area contributed by atoms with Gasteiger partial charge in [0.2, 0.25) is 10.0 Å². The molecule has 0 radical (unpaired) electrons. The van der Waals surface area contributed by atoms with Gasteiger partial charge in [-0.2, -0.15) is 4.31 Å². The Hall–Kier alpha value is -1.48. The van der Waals surface area contributed by atoms with Crippen molar-refractivity contribution in [1.82, 2.24) is 9.62 Å². The molecular formula is C16H19N3O2S3. The van der Waals surface area contributed by atoms with Crippen molar-refractivity contribution in [2.24, 2.45) is 0 Å². The third kappa shape index (κ3) is 4.13. The molecule has 0 aliphatic carbocycles. The summed E-state index contributed by atoms with van der Waals surface area (Å²) in [6, 6.07) is 10.8. The minimum atomic E-state index is -3.37. The summed E-state index contributed by atoms with van der Waals surface area (Å²) in [5.74, 6) is 0. The average Bonchev–Trinajstić information content (AvgIpc) is 3.27. The maximum atomic E-state index is 12.5. The third-order valence-electron chi connectivity index (χ3n) is 3.82. The van der Waals surface area contributed by atoms with Crippen molar-refractivity contribution in [3.8, 4) is 0 Å². The molecular weight excluding hydrogens is 362 g/mol. The van der Waals surface area contributed by atoms with E-state index in [4.69, 9.17) is 12.2 Å². The van der Waals surface area contributed by atoms with Gasteiger partial charge in [-0.05, 0) is 60.8 Å². The summed E-state index contributed by atoms with van der Waals surface area (Å²) in [5, 5.41) is 8.73. The molecule has 1 aromatic heterocycles. The monoisotopic (exact) mass is 381 g/mol. The number of hydrogen-bond acceptors (Lipinski definition) is 4. The maximum Gasteiger partial charge on any atom is 0.243 e. The first-order valence-electron chi connectivity index (χ1n) is 7.73. The van der Waals surface area contributed by atoms with Gasteiger partial charge in [0.1, 0.15) is 0 Å². The number of thiocarbonyl (C=S) groups is 1. The summed E-state index contributed by atoms with van der Waals surface area (Å²) in [5.41, 5.74) is 0.763. The molecule has 2 heterocycles. The second-order valence-electron chi connectivity index (χ2n) is 5.52. The lowest BCUT2D eigenvalue weighted by molar-refractivity contribution is 0.477. The van der Waals surface area contributed by atoms with E-state index in [-0.39, 0.29) is 0 Å². The molecule has 1 aliphatic rings. The van der Waals surface area contributed by atoms with Gasteiger partial charge in [0, 0.05) is 23.7 Å². The van der Waals surface area contributed by atoms with E-state index in [1.165, 1.54) is 4.88 Å². The fourth-order valence-electron chi connectivity index (χ4n) is 2.54. The zero-order valence-electron chi connectivity index (χ0n) is 13.1. The molecule has 0 atom stereocenters. The average molecular weight is 382 g/mol. The summed E-state index contributed by atoms with van der Waals surface area (Å²) in [4.78, 5) is 1.53. The van der Waals surface area contributed by atoms with Crippen molar-refractivity contribution in [2.45, 2.75) is 24.3 Å². The van der Waals surface area contributed by atoms with E-state index in [1.54, 1.807) is 39.9 Å². The minimum absolute atomic E-state index is 0.326. The van der Waals surface area contributed by atoms with E-state index in [1.807, 2.05) is 17.5 Å². The summed E-state index contributed by atoms with van der Waals surface area (Å²) >= 11 is 6.93. The first-order valence-corrected chi connectivity index (χ1v) is 10.5. The van der Waals surface area contributed by atoms with Crippen molar-refractivity contribution in [2.75, 3.05) is 18.4 Å². The van der Waals surface area contributed by atoms with Crippen LogP contribution in [0.3, 0.4) is 0 Å². The van der Waals surface area contributed by atoms with Crippen LogP contribution in [0.2, 0.25) is 0 Å². The van der Waals surface area contributed by atoms with Gasteiger partial charge in [-0.1, -0.05) is 6.07 Å². The topological polar surface area (TPSA) is 61.4 Å². The van der Waals surface area contributed by atoms with Crippen molar-refractivity contribution < 1.29 is 8.42 Å². The zero-order valence-corrected chi connectivity index (χ0v) is 15.5. The Balaban J connectivity index is 1.59. The Morgan fingerprint density at radius 1 is 1.17 bits per heavy atom. The maximum absolute atomic E-state index is 12.5. The molecule has 0 saturated carbocycles. The van der Waals surface area contributed by atoms with Crippen LogP contribution in [0.4, 0.5) is 5.69 Å². The second kappa shape index (κ2) is 7.60. The molecule has 1 aromatic carbocycles. The molecule has 8 heteroatoms. The predicted octanol–water partition coefficient (Wildman–Crippen LogP) is 3.02. The highest BCUT2D eigenvalue weighted by atomic mass is 32.2. The molecule has 1 aliphatic heterocycles. The second-order valence-corrected chi connectivity index (χ2v) is 8.90. The van der Waals surface area contributed by atoms with E-state index in [9.17, 15) is 8.42 Å². The van der Waals surface area contributed by atoms with Crippen molar-refractivity contribution in [3.05, 3.63) is 46.7 Å². The van der Waals surface area contributed by atoms with Gasteiger partial charge in [-0.15, -0.1) is 11.3 Å². The SMILES string of the molecule is O=S(=O)(c1ccc(NC(=S)NCc2cccs2)cc1)N1CCCC1. The highest BCUT2D eigenvalue weighted by Crippen LogP contribution is 2.22. The fraction of sp³-hybridized carbons (Fsp3) is 0.312. The lowest BCUT2D eigenvalue weighted by atomic mass is 10.3. The van der Waals surface area contributed by atoms with Crippen LogP contribution in [0.25, 0.3) is 0 Å². The molecule has 2 N–H and O–H groups in total. The number of nitrogens with one attached hydrogen (secondary N) is 2. The van der Waals surface area contributed by atoms with Gasteiger partial charge >= 0.3 is 0 Å². The molecule has 0 bridgehead atoms. The lowest BCUT2D eigenvalue weighted by Crippen LogP contribution is -2.28. The summed E-state index contributed by atoms with van der Waals surface area (Å²) in [7, 11) is -3.37. The van der Waals surface area contributed by atoms with Gasteiger partial charge < -0.3 is 10.6 Å². The van der Waals surface area contributed by atoms with E-state index >= 15 is 0 Å². The van der Waals surface area contributed by atoms with Crippen LogP contribution in [0.1, 0.15) is 17.7 Å². The van der Waals surface area contributed by atoms with Crippen molar-refractivity contribution in [1.29, 1.82) is 0 Å². The van der Waals surface area contributed by atoms with Crippen LogP contribution >= 0.6 is 23.6 Å². The van der Waals surface area contributed by atoms with Crippen LogP contribution in [0.5, 0.6) is 0 Å². The normalized spacial score (nSPS) is 15.3. The third-order valence-corrected chi connectivity index (χ3v) is 6.85. The molecule has 3 rings (SSSR count). The van der Waals surface area contributed by atoms with E-state index in [0.717, 1.165) is 18.5 Å². The molecule has 24 heavy (non-hydrogen) atoms. The van der Waals surface area contributed by atoms with Gasteiger partial charge in [0.05, 0.1) is 11.4 Å². The summed E-state index contributed by atoms with van der Waals surface area (Å²) in [6.07, 6.45) is 1.87.